The molecule has 0 unspecified atom stereocenters. The summed E-state index contributed by atoms with van der Waals surface area (Å²) in [5.74, 6) is 0.604. The van der Waals surface area contributed by atoms with E-state index in [4.69, 9.17) is 0 Å². The molecule has 4 nitrogen and oxygen atoms in total. The van der Waals surface area contributed by atoms with Crippen molar-refractivity contribution in [2.75, 3.05) is 17.3 Å². The number of aliphatic carboxylic acids is 1. The predicted octanol–water partition coefficient (Wildman–Crippen LogP) is 1.95. The lowest BCUT2D eigenvalue weighted by Crippen LogP contribution is -2.55. The van der Waals surface area contributed by atoms with Gasteiger partial charge >= 0.3 is 5.97 Å². The van der Waals surface area contributed by atoms with Crippen LogP contribution < -0.4 is 5.32 Å². The van der Waals surface area contributed by atoms with E-state index in [0.29, 0.717) is 17.9 Å². The Hall–Kier alpha value is -1.14. The van der Waals surface area contributed by atoms with Crippen LogP contribution in [-0.4, -0.2) is 39.8 Å². The third-order valence-electron chi connectivity index (χ3n) is 3.81. The molecule has 1 fully saturated rings. The zero-order valence-electron chi connectivity index (χ0n) is 10.8. The van der Waals surface area contributed by atoms with E-state index in [1.54, 1.807) is 23.5 Å². The van der Waals surface area contributed by atoms with E-state index in [9.17, 15) is 14.7 Å². The quantitative estimate of drug-likeness (QED) is 0.893. The van der Waals surface area contributed by atoms with Gasteiger partial charge in [0.2, 0.25) is 5.91 Å². The van der Waals surface area contributed by atoms with Crippen molar-refractivity contribution in [1.82, 2.24) is 5.32 Å². The van der Waals surface area contributed by atoms with Gasteiger partial charge in [-0.1, -0.05) is 18.2 Å². The fourth-order valence-corrected chi connectivity index (χ4v) is 5.14. The molecule has 2 aliphatic heterocycles. The molecule has 1 amide bonds. The Bertz CT molecular complexity index is 555. The number of amides is 1. The van der Waals surface area contributed by atoms with Gasteiger partial charge in [0, 0.05) is 16.4 Å². The van der Waals surface area contributed by atoms with E-state index in [0.717, 1.165) is 16.2 Å². The fourth-order valence-electron chi connectivity index (χ4n) is 2.59. The first-order valence-electron chi connectivity index (χ1n) is 6.47. The number of carboxylic acid groups (broad SMARTS) is 1. The Kier molecular flexibility index (Phi) is 3.69. The molecule has 0 saturated carbocycles. The Balaban J connectivity index is 1.79. The van der Waals surface area contributed by atoms with Gasteiger partial charge in [0.15, 0.2) is 0 Å². The highest BCUT2D eigenvalue weighted by Crippen LogP contribution is 2.40. The number of carboxylic acids is 1. The standard InChI is InChI=1S/C14H15NO3S2/c16-12(15-14(13(17)18)5-6-19-8-14)10-7-20-11-4-2-1-3-9(10)11/h1-4,10H,5-8H2,(H,15,16)(H,17,18)/t10-,14-/m1/s1. The molecular formula is C14H15NO3S2. The maximum absolute atomic E-state index is 12.5. The van der Waals surface area contributed by atoms with Crippen LogP contribution >= 0.6 is 23.5 Å². The van der Waals surface area contributed by atoms with E-state index in [1.165, 1.54) is 0 Å². The lowest BCUT2D eigenvalue weighted by Gasteiger charge is -2.26. The number of nitrogens with one attached hydrogen (secondary N) is 1. The monoisotopic (exact) mass is 309 g/mol. The lowest BCUT2D eigenvalue weighted by atomic mass is 9.95. The maximum Gasteiger partial charge on any atom is 0.330 e. The number of hydrogen-bond acceptors (Lipinski definition) is 4. The normalized spacial score (nSPS) is 28.1. The first-order chi connectivity index (χ1) is 9.62. The molecule has 106 valence electrons. The summed E-state index contributed by atoms with van der Waals surface area (Å²) in [5, 5.41) is 12.2. The molecule has 2 aliphatic rings. The fraction of sp³-hybridized carbons (Fsp3) is 0.429. The van der Waals surface area contributed by atoms with Gasteiger partial charge in [0.25, 0.3) is 0 Å². The number of hydrogen-bond donors (Lipinski definition) is 2. The Morgan fingerprint density at radius 2 is 2.15 bits per heavy atom. The molecule has 0 spiro atoms. The highest BCUT2D eigenvalue weighted by Gasteiger charge is 2.45. The van der Waals surface area contributed by atoms with Gasteiger partial charge < -0.3 is 10.4 Å². The third kappa shape index (κ3) is 2.31. The van der Waals surface area contributed by atoms with Crippen LogP contribution in [0.3, 0.4) is 0 Å². The van der Waals surface area contributed by atoms with Crippen LogP contribution in [0.1, 0.15) is 17.9 Å². The van der Waals surface area contributed by atoms with Gasteiger partial charge in [0.05, 0.1) is 5.92 Å². The van der Waals surface area contributed by atoms with E-state index < -0.39 is 11.5 Å². The van der Waals surface area contributed by atoms with Gasteiger partial charge in [-0.25, -0.2) is 4.79 Å². The second-order valence-electron chi connectivity index (χ2n) is 5.08. The number of rotatable bonds is 3. The molecule has 0 aromatic heterocycles. The molecule has 1 saturated heterocycles. The van der Waals surface area contributed by atoms with Crippen molar-refractivity contribution in [3.05, 3.63) is 29.8 Å². The summed E-state index contributed by atoms with van der Waals surface area (Å²) in [6.45, 7) is 0. The minimum absolute atomic E-state index is 0.160. The van der Waals surface area contributed by atoms with Crippen molar-refractivity contribution >= 4 is 35.4 Å². The number of fused-ring (bicyclic) bond motifs is 1. The van der Waals surface area contributed by atoms with Crippen LogP contribution in [0.2, 0.25) is 0 Å². The molecule has 3 rings (SSSR count). The molecule has 20 heavy (non-hydrogen) atoms. The number of carbonyl (C=O) groups is 2. The van der Waals surface area contributed by atoms with Gasteiger partial charge in [-0.15, -0.1) is 11.8 Å². The largest absolute Gasteiger partial charge is 0.479 e. The minimum Gasteiger partial charge on any atom is -0.479 e. The topological polar surface area (TPSA) is 66.4 Å². The minimum atomic E-state index is -1.08. The second-order valence-corrected chi connectivity index (χ2v) is 7.25. The molecule has 6 heteroatoms. The van der Waals surface area contributed by atoms with Gasteiger partial charge in [-0.2, -0.15) is 11.8 Å². The third-order valence-corrected chi connectivity index (χ3v) is 6.18. The summed E-state index contributed by atoms with van der Waals surface area (Å²) < 4.78 is 0. The molecular weight excluding hydrogens is 294 g/mol. The van der Waals surface area contributed by atoms with Gasteiger partial charge in [0.1, 0.15) is 5.54 Å². The van der Waals surface area contributed by atoms with E-state index in [2.05, 4.69) is 5.32 Å². The molecule has 1 aromatic carbocycles. The number of carbonyl (C=O) groups excluding carboxylic acids is 1. The van der Waals surface area contributed by atoms with Gasteiger partial charge in [-0.05, 0) is 23.8 Å². The molecule has 0 aliphatic carbocycles. The first kappa shape index (κ1) is 13.8. The van der Waals surface area contributed by atoms with Crippen molar-refractivity contribution in [2.45, 2.75) is 22.8 Å². The van der Waals surface area contributed by atoms with Crippen molar-refractivity contribution in [3.8, 4) is 0 Å². The Morgan fingerprint density at radius 3 is 2.85 bits per heavy atom. The smallest absolute Gasteiger partial charge is 0.330 e. The zero-order valence-corrected chi connectivity index (χ0v) is 12.4. The van der Waals surface area contributed by atoms with Gasteiger partial charge in [-0.3, -0.25) is 4.79 Å². The number of benzene rings is 1. The molecule has 2 N–H and O–H groups in total. The van der Waals surface area contributed by atoms with Crippen LogP contribution in [0.25, 0.3) is 0 Å². The summed E-state index contributed by atoms with van der Waals surface area (Å²) in [7, 11) is 0. The molecule has 0 bridgehead atoms. The second kappa shape index (κ2) is 5.33. The van der Waals surface area contributed by atoms with Crippen LogP contribution in [-0.2, 0) is 9.59 Å². The van der Waals surface area contributed by atoms with Crippen molar-refractivity contribution in [2.24, 2.45) is 0 Å². The van der Waals surface area contributed by atoms with Crippen molar-refractivity contribution in [3.63, 3.8) is 0 Å². The summed E-state index contributed by atoms with van der Waals surface area (Å²) in [4.78, 5) is 25.1. The summed E-state index contributed by atoms with van der Waals surface area (Å²) in [6.07, 6.45) is 0.500. The average molecular weight is 309 g/mol. The molecule has 2 atom stereocenters. The first-order valence-corrected chi connectivity index (χ1v) is 8.61. The SMILES string of the molecule is O=C(N[C@]1(C(=O)O)CCSC1)[C@@H]1CSc2ccccc21. The summed E-state index contributed by atoms with van der Waals surface area (Å²) in [6, 6.07) is 7.84. The zero-order chi connectivity index (χ0) is 14.2. The Labute approximate surface area is 125 Å². The van der Waals surface area contributed by atoms with E-state index in [-0.39, 0.29) is 11.8 Å². The van der Waals surface area contributed by atoms with Crippen LogP contribution in [0, 0.1) is 0 Å². The molecule has 1 aromatic rings. The highest BCUT2D eigenvalue weighted by atomic mass is 32.2. The van der Waals surface area contributed by atoms with E-state index in [1.807, 2.05) is 24.3 Å². The summed E-state index contributed by atoms with van der Waals surface area (Å²) >= 11 is 3.23. The average Bonchev–Trinajstić information content (AvgIpc) is 3.05. The highest BCUT2D eigenvalue weighted by molar-refractivity contribution is 7.99. The van der Waals surface area contributed by atoms with Crippen molar-refractivity contribution < 1.29 is 14.7 Å². The summed E-state index contributed by atoms with van der Waals surface area (Å²) in [5.41, 5.74) is -0.0644. The van der Waals surface area contributed by atoms with Crippen LogP contribution in [0.4, 0.5) is 0 Å². The Morgan fingerprint density at radius 1 is 1.35 bits per heavy atom. The van der Waals surface area contributed by atoms with Crippen LogP contribution in [0.5, 0.6) is 0 Å². The number of thioether (sulfide) groups is 2. The van der Waals surface area contributed by atoms with Crippen molar-refractivity contribution in [1.29, 1.82) is 0 Å². The maximum atomic E-state index is 12.5. The molecule has 0 radical (unpaired) electrons. The van der Waals surface area contributed by atoms with E-state index >= 15 is 0 Å². The predicted molar refractivity (Wildman–Crippen MR) is 80.4 cm³/mol. The van der Waals surface area contributed by atoms with Crippen LogP contribution in [0.15, 0.2) is 29.2 Å². The lowest BCUT2D eigenvalue weighted by molar-refractivity contribution is -0.146. The molecule has 2 heterocycles.